The van der Waals surface area contributed by atoms with Gasteiger partial charge in [-0.3, -0.25) is 9.78 Å². The molecule has 6 nitrogen and oxygen atoms in total. The molecule has 0 aliphatic rings. The maximum absolute atomic E-state index is 12.2. The second-order valence-corrected chi connectivity index (χ2v) is 5.92. The van der Waals surface area contributed by atoms with Gasteiger partial charge in [0.1, 0.15) is 5.82 Å². The zero-order chi connectivity index (χ0) is 17.6. The molecule has 2 aromatic heterocycles. The molecule has 0 fully saturated rings. The molecule has 3 rings (SSSR count). The Morgan fingerprint density at radius 3 is 2.60 bits per heavy atom. The van der Waals surface area contributed by atoms with Gasteiger partial charge in [0.2, 0.25) is 0 Å². The second kappa shape index (κ2) is 7.92. The Balaban J connectivity index is 1.61. The van der Waals surface area contributed by atoms with Gasteiger partial charge in [-0.15, -0.1) is 10.2 Å². The fourth-order valence-electron chi connectivity index (χ4n) is 2.01. The Hall–Kier alpha value is -2.70. The third kappa shape index (κ3) is 4.65. The summed E-state index contributed by atoms with van der Waals surface area (Å²) in [5.41, 5.74) is 1.74. The number of anilines is 2. The number of rotatable bonds is 5. The van der Waals surface area contributed by atoms with Gasteiger partial charge in [-0.25, -0.2) is 0 Å². The summed E-state index contributed by atoms with van der Waals surface area (Å²) in [6.07, 6.45) is 3.48. The molecular weight excluding hydrogens is 361 g/mol. The summed E-state index contributed by atoms with van der Waals surface area (Å²) in [4.78, 5) is 16.2. The van der Waals surface area contributed by atoms with Crippen LogP contribution in [0.2, 0.25) is 10.0 Å². The van der Waals surface area contributed by atoms with Crippen LogP contribution in [0.4, 0.5) is 11.5 Å². The lowest BCUT2D eigenvalue weighted by atomic mass is 10.3. The third-order valence-electron chi connectivity index (χ3n) is 3.27. The van der Waals surface area contributed by atoms with E-state index in [-0.39, 0.29) is 11.6 Å². The van der Waals surface area contributed by atoms with Crippen LogP contribution in [0.25, 0.3) is 0 Å². The Labute approximate surface area is 154 Å². The lowest BCUT2D eigenvalue weighted by Crippen LogP contribution is -2.15. The molecule has 2 N–H and O–H groups in total. The average molecular weight is 374 g/mol. The number of nitrogens with zero attached hydrogens (tertiary/aromatic N) is 3. The lowest BCUT2D eigenvalue weighted by Gasteiger charge is -2.07. The highest BCUT2D eigenvalue weighted by Gasteiger charge is 2.10. The topological polar surface area (TPSA) is 79.8 Å². The third-order valence-corrected chi connectivity index (χ3v) is 4.01. The van der Waals surface area contributed by atoms with Crippen molar-refractivity contribution in [1.29, 1.82) is 0 Å². The van der Waals surface area contributed by atoms with Gasteiger partial charge in [0.05, 0.1) is 10.0 Å². The van der Waals surface area contributed by atoms with E-state index in [4.69, 9.17) is 23.2 Å². The molecule has 0 bridgehead atoms. The normalized spacial score (nSPS) is 10.3. The van der Waals surface area contributed by atoms with Crippen LogP contribution in [0.3, 0.4) is 0 Å². The van der Waals surface area contributed by atoms with E-state index >= 15 is 0 Å². The van der Waals surface area contributed by atoms with Crippen molar-refractivity contribution in [1.82, 2.24) is 15.2 Å². The van der Waals surface area contributed by atoms with Crippen molar-refractivity contribution in [2.45, 2.75) is 6.54 Å². The highest BCUT2D eigenvalue weighted by atomic mass is 35.5. The first-order valence-electron chi connectivity index (χ1n) is 7.35. The zero-order valence-corrected chi connectivity index (χ0v) is 14.4. The van der Waals surface area contributed by atoms with Gasteiger partial charge < -0.3 is 10.6 Å². The van der Waals surface area contributed by atoms with Crippen molar-refractivity contribution < 1.29 is 4.79 Å². The van der Waals surface area contributed by atoms with Crippen molar-refractivity contribution in [2.75, 3.05) is 10.6 Å². The number of pyridine rings is 1. The van der Waals surface area contributed by atoms with Gasteiger partial charge >= 0.3 is 0 Å². The van der Waals surface area contributed by atoms with Gasteiger partial charge in [-0.2, -0.15) is 0 Å². The molecule has 0 atom stereocenters. The van der Waals surface area contributed by atoms with Crippen LogP contribution in [0.1, 0.15) is 16.1 Å². The number of amides is 1. The number of nitrogens with one attached hydrogen (secondary N) is 2. The molecule has 1 aromatic carbocycles. The fraction of sp³-hybridized carbons (Fsp3) is 0.0588. The minimum Gasteiger partial charge on any atom is -0.364 e. The Morgan fingerprint density at radius 1 is 1.04 bits per heavy atom. The standard InChI is InChI=1S/C17H13Cl2N5O/c18-13-4-3-12(8-14(13)19)22-17(25)15-5-6-16(24-23-15)21-10-11-2-1-7-20-9-11/h1-9H,10H2,(H,21,24)(H,22,25). The first-order chi connectivity index (χ1) is 12.1. The van der Waals surface area contributed by atoms with Crippen molar-refractivity contribution in [3.63, 3.8) is 0 Å². The van der Waals surface area contributed by atoms with E-state index in [2.05, 4.69) is 25.8 Å². The van der Waals surface area contributed by atoms with Crippen molar-refractivity contribution in [2.24, 2.45) is 0 Å². The summed E-state index contributed by atoms with van der Waals surface area (Å²) in [7, 11) is 0. The van der Waals surface area contributed by atoms with Crippen LogP contribution in [0.5, 0.6) is 0 Å². The highest BCUT2D eigenvalue weighted by molar-refractivity contribution is 6.42. The summed E-state index contributed by atoms with van der Waals surface area (Å²) < 4.78 is 0. The molecule has 0 aliphatic carbocycles. The molecule has 0 saturated heterocycles. The molecule has 0 spiro atoms. The van der Waals surface area contributed by atoms with E-state index in [9.17, 15) is 4.79 Å². The molecule has 8 heteroatoms. The molecule has 0 saturated carbocycles. The van der Waals surface area contributed by atoms with E-state index in [1.165, 1.54) is 0 Å². The van der Waals surface area contributed by atoms with Crippen LogP contribution in [-0.2, 0) is 6.54 Å². The van der Waals surface area contributed by atoms with E-state index in [0.29, 0.717) is 28.1 Å². The number of hydrogen-bond donors (Lipinski definition) is 2. The molecule has 1 amide bonds. The summed E-state index contributed by atoms with van der Waals surface area (Å²) in [6.45, 7) is 0.567. The SMILES string of the molecule is O=C(Nc1ccc(Cl)c(Cl)c1)c1ccc(NCc2cccnc2)nn1. The first-order valence-corrected chi connectivity index (χ1v) is 8.10. The predicted molar refractivity (Wildman–Crippen MR) is 98.0 cm³/mol. The maximum Gasteiger partial charge on any atom is 0.276 e. The minimum atomic E-state index is -0.385. The first kappa shape index (κ1) is 17.1. The Kier molecular flexibility index (Phi) is 5.42. The Bertz CT molecular complexity index is 872. The Morgan fingerprint density at radius 2 is 1.92 bits per heavy atom. The number of aromatic nitrogens is 3. The van der Waals surface area contributed by atoms with Gasteiger partial charge in [0.25, 0.3) is 5.91 Å². The molecule has 3 aromatic rings. The molecule has 126 valence electrons. The van der Waals surface area contributed by atoms with Crippen molar-refractivity contribution >= 4 is 40.6 Å². The van der Waals surface area contributed by atoms with Crippen LogP contribution >= 0.6 is 23.2 Å². The largest absolute Gasteiger partial charge is 0.364 e. The zero-order valence-electron chi connectivity index (χ0n) is 12.9. The number of benzene rings is 1. The number of carbonyl (C=O) groups is 1. The van der Waals surface area contributed by atoms with Gasteiger partial charge in [0.15, 0.2) is 5.69 Å². The molecular formula is C17H13Cl2N5O. The average Bonchev–Trinajstić information content (AvgIpc) is 2.64. The van der Waals surface area contributed by atoms with Gasteiger partial charge in [-0.1, -0.05) is 29.3 Å². The smallest absolute Gasteiger partial charge is 0.276 e. The van der Waals surface area contributed by atoms with Gasteiger partial charge in [0, 0.05) is 24.6 Å². The molecule has 0 radical (unpaired) electrons. The second-order valence-electron chi connectivity index (χ2n) is 5.10. The van der Waals surface area contributed by atoms with Crippen LogP contribution in [0.15, 0.2) is 54.9 Å². The van der Waals surface area contributed by atoms with Gasteiger partial charge in [-0.05, 0) is 42.0 Å². The number of hydrogen-bond acceptors (Lipinski definition) is 5. The molecule has 0 unspecified atom stereocenters. The molecule has 0 aliphatic heterocycles. The summed E-state index contributed by atoms with van der Waals surface area (Å²) >= 11 is 11.8. The van der Waals surface area contributed by atoms with Crippen LogP contribution in [0, 0.1) is 0 Å². The van der Waals surface area contributed by atoms with Crippen molar-refractivity contribution in [3.8, 4) is 0 Å². The highest BCUT2D eigenvalue weighted by Crippen LogP contribution is 2.25. The van der Waals surface area contributed by atoms with Crippen LogP contribution in [-0.4, -0.2) is 21.1 Å². The number of carbonyl (C=O) groups excluding carboxylic acids is 1. The predicted octanol–water partition coefficient (Wildman–Crippen LogP) is 4.04. The number of halogens is 2. The summed E-state index contributed by atoms with van der Waals surface area (Å²) in [5, 5.41) is 14.5. The quantitative estimate of drug-likeness (QED) is 0.705. The fourth-order valence-corrected chi connectivity index (χ4v) is 2.31. The van der Waals surface area contributed by atoms with E-state index in [0.717, 1.165) is 5.56 Å². The summed E-state index contributed by atoms with van der Waals surface area (Å²) in [6, 6.07) is 11.9. The van der Waals surface area contributed by atoms with E-state index in [1.54, 1.807) is 42.7 Å². The van der Waals surface area contributed by atoms with E-state index in [1.807, 2.05) is 12.1 Å². The molecule has 2 heterocycles. The van der Waals surface area contributed by atoms with E-state index < -0.39 is 0 Å². The lowest BCUT2D eigenvalue weighted by molar-refractivity contribution is 0.102. The van der Waals surface area contributed by atoms with Crippen LogP contribution < -0.4 is 10.6 Å². The van der Waals surface area contributed by atoms with Crippen molar-refractivity contribution in [3.05, 3.63) is 76.2 Å². The maximum atomic E-state index is 12.2. The summed E-state index contributed by atoms with van der Waals surface area (Å²) in [5.74, 6) is 0.180. The monoisotopic (exact) mass is 373 g/mol. The minimum absolute atomic E-state index is 0.193. The molecule has 25 heavy (non-hydrogen) atoms.